The predicted octanol–water partition coefficient (Wildman–Crippen LogP) is 3.61. The van der Waals surface area contributed by atoms with Crippen LogP contribution in [0.4, 0.5) is 14.6 Å². The van der Waals surface area contributed by atoms with Gasteiger partial charge in [-0.05, 0) is 48.9 Å². The first-order valence-electron chi connectivity index (χ1n) is 10.3. The highest BCUT2D eigenvalue weighted by Gasteiger charge is 2.31. The van der Waals surface area contributed by atoms with Crippen LogP contribution in [0.5, 0.6) is 0 Å². The molecule has 6 nitrogen and oxygen atoms in total. The average molecular weight is 465 g/mol. The molecule has 2 aromatic heterocycles. The Balaban J connectivity index is 1.40. The van der Waals surface area contributed by atoms with Crippen LogP contribution in [0.1, 0.15) is 23.8 Å². The molecule has 1 fully saturated rings. The van der Waals surface area contributed by atoms with Gasteiger partial charge in [-0.3, -0.25) is 0 Å². The van der Waals surface area contributed by atoms with Gasteiger partial charge in [0.05, 0.1) is 10.3 Å². The Morgan fingerprint density at radius 2 is 1.87 bits per heavy atom. The van der Waals surface area contributed by atoms with Crippen molar-refractivity contribution in [2.45, 2.75) is 31.1 Å². The minimum Gasteiger partial charge on any atom is -0.353 e. The van der Waals surface area contributed by atoms with E-state index in [9.17, 15) is 17.2 Å². The van der Waals surface area contributed by atoms with Crippen molar-refractivity contribution < 1.29 is 17.2 Å². The number of halogens is 2. The van der Waals surface area contributed by atoms with Gasteiger partial charge in [-0.1, -0.05) is 6.92 Å². The summed E-state index contributed by atoms with van der Waals surface area (Å²) in [6, 6.07) is 2.69. The molecule has 3 heterocycles. The van der Waals surface area contributed by atoms with Gasteiger partial charge in [-0.25, -0.2) is 27.2 Å². The van der Waals surface area contributed by atoms with E-state index in [1.807, 2.05) is 0 Å². The molecule has 2 aliphatic rings. The fourth-order valence-corrected chi connectivity index (χ4v) is 7.20. The van der Waals surface area contributed by atoms with E-state index >= 15 is 0 Å². The Labute approximate surface area is 183 Å². The van der Waals surface area contributed by atoms with Crippen LogP contribution in [0.2, 0.25) is 0 Å². The molecule has 10 heteroatoms. The van der Waals surface area contributed by atoms with Gasteiger partial charge >= 0.3 is 0 Å². The number of nitrogens with zero attached hydrogens (tertiary/aromatic N) is 4. The molecule has 3 aromatic rings. The van der Waals surface area contributed by atoms with Crippen molar-refractivity contribution >= 4 is 37.4 Å². The summed E-state index contributed by atoms with van der Waals surface area (Å²) >= 11 is 1.74. The first kappa shape index (κ1) is 20.7. The summed E-state index contributed by atoms with van der Waals surface area (Å²) in [5.74, 6) is -0.700. The maximum absolute atomic E-state index is 13.6. The molecule has 0 amide bonds. The van der Waals surface area contributed by atoms with Crippen LogP contribution in [0.25, 0.3) is 10.2 Å². The summed E-state index contributed by atoms with van der Waals surface area (Å²) in [6.07, 6.45) is 4.80. The van der Waals surface area contributed by atoms with E-state index in [-0.39, 0.29) is 18.0 Å². The van der Waals surface area contributed by atoms with Gasteiger partial charge in [0.25, 0.3) is 0 Å². The number of aryl methyl sites for hydroxylation is 1. The number of aromatic nitrogens is 2. The first-order chi connectivity index (χ1) is 14.8. The minimum atomic E-state index is -3.89. The van der Waals surface area contributed by atoms with E-state index in [1.165, 1.54) is 14.7 Å². The fourth-order valence-electron chi connectivity index (χ4n) is 4.42. The summed E-state index contributed by atoms with van der Waals surface area (Å²) in [5, 5.41) is 1.10. The van der Waals surface area contributed by atoms with Gasteiger partial charge in [0.1, 0.15) is 17.0 Å². The van der Waals surface area contributed by atoms with Crippen LogP contribution in [0.3, 0.4) is 0 Å². The van der Waals surface area contributed by atoms with Crippen molar-refractivity contribution in [2.24, 2.45) is 5.92 Å². The average Bonchev–Trinajstić information content (AvgIpc) is 3.13. The molecule has 1 atom stereocenters. The molecule has 0 radical (unpaired) electrons. The zero-order valence-corrected chi connectivity index (χ0v) is 18.6. The van der Waals surface area contributed by atoms with Gasteiger partial charge < -0.3 is 4.90 Å². The van der Waals surface area contributed by atoms with Crippen molar-refractivity contribution in [2.75, 3.05) is 31.1 Å². The molecule has 164 valence electrons. The lowest BCUT2D eigenvalue weighted by molar-refractivity contribution is 0.383. The van der Waals surface area contributed by atoms with Crippen molar-refractivity contribution in [3.8, 4) is 0 Å². The molecular formula is C21H22F2N4O2S2. The number of anilines is 1. The molecule has 1 aliphatic heterocycles. The SMILES string of the molecule is C[C@@H]1CCc2c(sc3ncnc(N4CCN(S(=O)(=O)c5ccc(F)c(F)c5)CC4)c23)C1. The third-order valence-corrected chi connectivity index (χ3v) is 9.20. The van der Waals surface area contributed by atoms with Gasteiger partial charge in [0.2, 0.25) is 10.0 Å². The Hall–Kier alpha value is -2.17. The minimum absolute atomic E-state index is 0.231. The molecule has 0 saturated carbocycles. The molecule has 5 rings (SSSR count). The van der Waals surface area contributed by atoms with E-state index in [0.29, 0.717) is 19.0 Å². The number of fused-ring (bicyclic) bond motifs is 3. The number of thiophene rings is 1. The summed E-state index contributed by atoms with van der Waals surface area (Å²) in [7, 11) is -3.89. The maximum Gasteiger partial charge on any atom is 0.243 e. The second-order valence-electron chi connectivity index (χ2n) is 8.20. The number of sulfonamides is 1. The third-order valence-electron chi connectivity index (χ3n) is 6.14. The van der Waals surface area contributed by atoms with Crippen molar-refractivity contribution in [1.29, 1.82) is 0 Å². The number of rotatable bonds is 3. The smallest absolute Gasteiger partial charge is 0.243 e. The Morgan fingerprint density at radius 3 is 2.61 bits per heavy atom. The quantitative estimate of drug-likeness (QED) is 0.593. The highest BCUT2D eigenvalue weighted by atomic mass is 32.2. The lowest BCUT2D eigenvalue weighted by atomic mass is 9.89. The van der Waals surface area contributed by atoms with E-state index in [1.54, 1.807) is 17.7 Å². The van der Waals surface area contributed by atoms with E-state index in [2.05, 4.69) is 21.8 Å². The number of piperazine rings is 1. The molecule has 31 heavy (non-hydrogen) atoms. The second-order valence-corrected chi connectivity index (χ2v) is 11.2. The Bertz CT molecular complexity index is 1250. The van der Waals surface area contributed by atoms with Crippen molar-refractivity contribution in [3.63, 3.8) is 0 Å². The van der Waals surface area contributed by atoms with Crippen LogP contribution in [-0.4, -0.2) is 48.9 Å². The maximum atomic E-state index is 13.6. The predicted molar refractivity (Wildman–Crippen MR) is 116 cm³/mol. The summed E-state index contributed by atoms with van der Waals surface area (Å²) < 4.78 is 53.9. The normalized spacial score (nSPS) is 20.2. The molecule has 0 bridgehead atoms. The highest BCUT2D eigenvalue weighted by Crippen LogP contribution is 2.40. The zero-order chi connectivity index (χ0) is 21.8. The summed E-state index contributed by atoms with van der Waals surface area (Å²) in [5.41, 5.74) is 1.34. The molecule has 1 saturated heterocycles. The molecule has 1 aliphatic carbocycles. The first-order valence-corrected chi connectivity index (χ1v) is 12.6. The van der Waals surface area contributed by atoms with E-state index in [0.717, 1.165) is 53.5 Å². The van der Waals surface area contributed by atoms with Gasteiger partial charge in [0, 0.05) is 31.1 Å². The monoisotopic (exact) mass is 464 g/mol. The van der Waals surface area contributed by atoms with Gasteiger partial charge in [-0.2, -0.15) is 4.31 Å². The number of benzene rings is 1. The lowest BCUT2D eigenvalue weighted by Gasteiger charge is -2.35. The van der Waals surface area contributed by atoms with E-state index in [4.69, 9.17) is 0 Å². The summed E-state index contributed by atoms with van der Waals surface area (Å²) in [6.45, 7) is 3.70. The molecule has 1 aromatic carbocycles. The van der Waals surface area contributed by atoms with Crippen LogP contribution in [-0.2, 0) is 22.9 Å². The lowest BCUT2D eigenvalue weighted by Crippen LogP contribution is -2.49. The molecular weight excluding hydrogens is 442 g/mol. The van der Waals surface area contributed by atoms with Crippen LogP contribution in [0.15, 0.2) is 29.4 Å². The van der Waals surface area contributed by atoms with E-state index < -0.39 is 21.7 Å². The van der Waals surface area contributed by atoms with Crippen LogP contribution >= 0.6 is 11.3 Å². The van der Waals surface area contributed by atoms with Crippen LogP contribution < -0.4 is 4.90 Å². The molecule has 0 spiro atoms. The highest BCUT2D eigenvalue weighted by molar-refractivity contribution is 7.89. The van der Waals surface area contributed by atoms with Crippen molar-refractivity contribution in [3.05, 3.63) is 46.6 Å². The molecule has 0 unspecified atom stereocenters. The van der Waals surface area contributed by atoms with Crippen molar-refractivity contribution in [1.82, 2.24) is 14.3 Å². The number of hydrogen-bond acceptors (Lipinski definition) is 6. The molecule has 0 N–H and O–H groups in total. The van der Waals surface area contributed by atoms with Gasteiger partial charge in [0.15, 0.2) is 11.6 Å². The second kappa shape index (κ2) is 7.75. The van der Waals surface area contributed by atoms with Gasteiger partial charge in [-0.15, -0.1) is 11.3 Å². The third kappa shape index (κ3) is 3.60. The standard InChI is InChI=1S/C21H22F2N4O2S2/c1-13-2-4-15-18(10-13)30-21-19(15)20(24-12-25-21)26-6-8-27(9-7-26)31(28,29)14-3-5-16(22)17(23)11-14/h3,5,11-13H,2,4,6-10H2,1H3/t13-/m1/s1. The zero-order valence-electron chi connectivity index (χ0n) is 17.0. The van der Waals surface area contributed by atoms with Crippen LogP contribution in [0, 0.1) is 17.6 Å². The topological polar surface area (TPSA) is 66.4 Å². The Morgan fingerprint density at radius 1 is 1.10 bits per heavy atom. The summed E-state index contributed by atoms with van der Waals surface area (Å²) in [4.78, 5) is 13.3. The number of hydrogen-bond donors (Lipinski definition) is 0. The fraction of sp³-hybridized carbons (Fsp3) is 0.429. The Kier molecular flexibility index (Phi) is 5.18. The largest absolute Gasteiger partial charge is 0.353 e.